The third-order valence-electron chi connectivity index (χ3n) is 2.42. The Morgan fingerprint density at radius 2 is 2.06 bits per heavy atom. The Bertz CT molecular complexity index is 485. The van der Waals surface area contributed by atoms with Gasteiger partial charge in [-0.1, -0.05) is 43.0 Å². The van der Waals surface area contributed by atoms with Crippen molar-refractivity contribution in [1.29, 1.82) is 0 Å². The van der Waals surface area contributed by atoms with E-state index in [9.17, 15) is 4.79 Å². The number of aromatic amines is 1. The summed E-state index contributed by atoms with van der Waals surface area (Å²) in [4.78, 5) is 15.8. The smallest absolute Gasteiger partial charge is 0.183 e. The van der Waals surface area contributed by atoms with Gasteiger partial charge in [0.15, 0.2) is 10.9 Å². The van der Waals surface area contributed by atoms with Crippen LogP contribution in [0.5, 0.6) is 0 Å². The molecule has 4 nitrogen and oxygen atoms in total. The number of aryl methyl sites for hydroxylation is 1. The van der Waals surface area contributed by atoms with Crippen molar-refractivity contribution in [3.05, 3.63) is 41.7 Å². The van der Waals surface area contributed by atoms with E-state index >= 15 is 0 Å². The van der Waals surface area contributed by atoms with Gasteiger partial charge in [0.25, 0.3) is 0 Å². The predicted molar refractivity (Wildman–Crippen MR) is 77.6 cm³/mol. The maximum absolute atomic E-state index is 11.9. The number of hydrogen-bond donors (Lipinski definition) is 1. The Morgan fingerprint density at radius 1 is 1.33 bits per heavy atom. The molecule has 1 aromatic heterocycles. The van der Waals surface area contributed by atoms with E-state index in [4.69, 9.17) is 0 Å². The second-order valence-electron chi connectivity index (χ2n) is 3.55. The molecule has 1 heterocycles. The van der Waals surface area contributed by atoms with E-state index in [1.54, 1.807) is 0 Å². The topological polar surface area (TPSA) is 58.6 Å². The van der Waals surface area contributed by atoms with Gasteiger partial charge in [0, 0.05) is 5.56 Å². The van der Waals surface area contributed by atoms with Crippen molar-refractivity contribution in [2.75, 3.05) is 5.75 Å². The molecule has 0 atom stereocenters. The Morgan fingerprint density at radius 3 is 2.61 bits per heavy atom. The largest absolute Gasteiger partial charge is 0.293 e. The van der Waals surface area contributed by atoms with E-state index in [0.29, 0.717) is 10.9 Å². The van der Waals surface area contributed by atoms with Crippen LogP contribution in [0.4, 0.5) is 0 Å². The summed E-state index contributed by atoms with van der Waals surface area (Å²) in [6.07, 6.45) is 2.42. The van der Waals surface area contributed by atoms with Crippen LogP contribution >= 0.6 is 28.7 Å². The number of ketones is 1. The molecule has 0 aliphatic rings. The molecule has 0 radical (unpaired) electrons. The maximum Gasteiger partial charge on any atom is 0.183 e. The quantitative estimate of drug-likeness (QED) is 0.677. The summed E-state index contributed by atoms with van der Waals surface area (Å²) in [5.41, 5.74) is 1.98. The van der Waals surface area contributed by atoms with Crippen molar-refractivity contribution < 1.29 is 4.79 Å². The Hall–Kier alpha value is -1.14. The molecule has 1 aromatic carbocycles. The van der Waals surface area contributed by atoms with E-state index in [0.717, 1.165) is 12.0 Å². The SMILES string of the molecule is Br.CCc1ccc(C(=O)CSc2ncn[nH]2)cc1. The van der Waals surface area contributed by atoms with Gasteiger partial charge in [0.05, 0.1) is 5.75 Å². The Labute approximate surface area is 120 Å². The summed E-state index contributed by atoms with van der Waals surface area (Å²) < 4.78 is 0. The summed E-state index contributed by atoms with van der Waals surface area (Å²) in [6.45, 7) is 2.09. The summed E-state index contributed by atoms with van der Waals surface area (Å²) in [5.74, 6) is 0.481. The number of thioether (sulfide) groups is 1. The third-order valence-corrected chi connectivity index (χ3v) is 3.29. The van der Waals surface area contributed by atoms with Crippen LogP contribution in [-0.4, -0.2) is 26.7 Å². The van der Waals surface area contributed by atoms with Gasteiger partial charge in [-0.2, -0.15) is 5.10 Å². The lowest BCUT2D eigenvalue weighted by Gasteiger charge is -2.01. The summed E-state index contributed by atoms with van der Waals surface area (Å²) in [7, 11) is 0. The van der Waals surface area contributed by atoms with Gasteiger partial charge < -0.3 is 0 Å². The molecular formula is C12H14BrN3OS. The number of benzene rings is 1. The zero-order valence-electron chi connectivity index (χ0n) is 9.92. The van der Waals surface area contributed by atoms with Crippen molar-refractivity contribution >= 4 is 34.5 Å². The maximum atomic E-state index is 11.9. The zero-order valence-corrected chi connectivity index (χ0v) is 12.4. The molecule has 0 aliphatic carbocycles. The fraction of sp³-hybridized carbons (Fsp3) is 0.250. The second-order valence-corrected chi connectivity index (χ2v) is 4.52. The minimum absolute atomic E-state index is 0. The van der Waals surface area contributed by atoms with Crippen LogP contribution < -0.4 is 0 Å². The lowest BCUT2D eigenvalue weighted by Crippen LogP contribution is -2.02. The number of nitrogens with zero attached hydrogens (tertiary/aromatic N) is 2. The standard InChI is InChI=1S/C12H13N3OS.BrH/c1-2-9-3-5-10(6-4-9)11(16)7-17-12-13-8-14-15-12;/h3-6,8H,2,7H2,1H3,(H,13,14,15);1H. The van der Waals surface area contributed by atoms with Gasteiger partial charge in [-0.05, 0) is 12.0 Å². The first-order valence-corrected chi connectivity index (χ1v) is 6.38. The molecule has 18 heavy (non-hydrogen) atoms. The number of carbonyl (C=O) groups is 1. The van der Waals surface area contributed by atoms with Gasteiger partial charge >= 0.3 is 0 Å². The van der Waals surface area contributed by atoms with Crippen LogP contribution in [0.1, 0.15) is 22.8 Å². The summed E-state index contributed by atoms with van der Waals surface area (Å²) in [5, 5.41) is 7.11. The molecule has 1 N–H and O–H groups in total. The van der Waals surface area contributed by atoms with Gasteiger partial charge in [0.2, 0.25) is 0 Å². The minimum atomic E-state index is 0. The van der Waals surface area contributed by atoms with Crippen LogP contribution in [-0.2, 0) is 6.42 Å². The number of carbonyl (C=O) groups excluding carboxylic acids is 1. The first-order chi connectivity index (χ1) is 8.29. The van der Waals surface area contributed by atoms with Crippen LogP contribution in [0.3, 0.4) is 0 Å². The van der Waals surface area contributed by atoms with E-state index in [-0.39, 0.29) is 22.8 Å². The Kier molecular flexibility index (Phi) is 6.07. The van der Waals surface area contributed by atoms with E-state index in [1.807, 2.05) is 24.3 Å². The molecule has 0 saturated carbocycles. The predicted octanol–water partition coefficient (Wildman–Crippen LogP) is 2.92. The number of nitrogens with one attached hydrogen (secondary N) is 1. The van der Waals surface area contributed by atoms with Crippen LogP contribution in [0.2, 0.25) is 0 Å². The molecule has 0 saturated heterocycles. The highest BCUT2D eigenvalue weighted by atomic mass is 79.9. The Balaban J connectivity index is 0.00000162. The van der Waals surface area contributed by atoms with Crippen LogP contribution in [0.25, 0.3) is 0 Å². The van der Waals surface area contributed by atoms with Crippen molar-refractivity contribution in [2.45, 2.75) is 18.5 Å². The highest BCUT2D eigenvalue weighted by Crippen LogP contribution is 2.14. The average Bonchev–Trinajstić information content (AvgIpc) is 2.89. The molecule has 0 unspecified atom stereocenters. The number of halogens is 1. The summed E-state index contributed by atoms with van der Waals surface area (Å²) in [6, 6.07) is 7.74. The van der Waals surface area contributed by atoms with Gasteiger partial charge in [-0.15, -0.1) is 17.0 Å². The fourth-order valence-corrected chi connectivity index (χ4v) is 2.08. The number of hydrogen-bond acceptors (Lipinski definition) is 4. The van der Waals surface area contributed by atoms with Crippen molar-refractivity contribution in [3.8, 4) is 0 Å². The van der Waals surface area contributed by atoms with Crippen molar-refractivity contribution in [1.82, 2.24) is 15.2 Å². The van der Waals surface area contributed by atoms with Crippen molar-refractivity contribution in [2.24, 2.45) is 0 Å². The van der Waals surface area contributed by atoms with E-state index in [2.05, 4.69) is 22.1 Å². The first-order valence-electron chi connectivity index (χ1n) is 5.40. The molecule has 6 heteroatoms. The minimum Gasteiger partial charge on any atom is -0.293 e. The lowest BCUT2D eigenvalue weighted by atomic mass is 10.1. The number of aromatic nitrogens is 3. The zero-order chi connectivity index (χ0) is 12.1. The molecule has 2 rings (SSSR count). The van der Waals surface area contributed by atoms with E-state index in [1.165, 1.54) is 23.7 Å². The van der Waals surface area contributed by atoms with Crippen LogP contribution in [0, 0.1) is 0 Å². The number of H-pyrrole nitrogens is 1. The fourth-order valence-electron chi connectivity index (χ4n) is 1.41. The molecule has 0 bridgehead atoms. The highest BCUT2D eigenvalue weighted by Gasteiger charge is 2.07. The van der Waals surface area contributed by atoms with Gasteiger partial charge in [-0.25, -0.2) is 4.98 Å². The second kappa shape index (κ2) is 7.33. The van der Waals surface area contributed by atoms with Gasteiger partial charge in [-0.3, -0.25) is 9.89 Å². The number of rotatable bonds is 5. The van der Waals surface area contributed by atoms with Gasteiger partial charge in [0.1, 0.15) is 6.33 Å². The monoisotopic (exact) mass is 327 g/mol. The lowest BCUT2D eigenvalue weighted by molar-refractivity contribution is 0.102. The molecule has 0 amide bonds. The summed E-state index contributed by atoms with van der Waals surface area (Å²) >= 11 is 1.36. The van der Waals surface area contributed by atoms with Crippen molar-refractivity contribution in [3.63, 3.8) is 0 Å². The normalized spacial score (nSPS) is 9.83. The highest BCUT2D eigenvalue weighted by molar-refractivity contribution is 8.93. The van der Waals surface area contributed by atoms with E-state index < -0.39 is 0 Å². The molecule has 0 aliphatic heterocycles. The molecular weight excluding hydrogens is 314 g/mol. The van der Waals surface area contributed by atoms with Crippen LogP contribution in [0.15, 0.2) is 35.7 Å². The molecule has 2 aromatic rings. The molecule has 0 fully saturated rings. The number of Topliss-reactive ketones (excluding diaryl/α,β-unsaturated/α-hetero) is 1. The first kappa shape index (κ1) is 14.9. The molecule has 0 spiro atoms. The average molecular weight is 328 g/mol. The third kappa shape index (κ3) is 3.96. The molecule has 96 valence electrons.